The molecule has 0 fully saturated rings. The topological polar surface area (TPSA) is 46.3 Å². The first-order chi connectivity index (χ1) is 6.81. The maximum Gasteiger partial charge on any atom is 0.181 e. The average Bonchev–Trinajstić information content (AvgIpc) is 2.67. The molecule has 1 aromatic carbocycles. The zero-order valence-electron chi connectivity index (χ0n) is 7.90. The Hall–Kier alpha value is -1.77. The molecule has 0 saturated heterocycles. The Morgan fingerprint density at radius 2 is 2.00 bits per heavy atom. The van der Waals surface area contributed by atoms with Crippen molar-refractivity contribution in [3.05, 3.63) is 36.4 Å². The lowest BCUT2D eigenvalue weighted by atomic mass is 10.1. The average molecular weight is 189 g/mol. The predicted octanol–water partition coefficient (Wildman–Crippen LogP) is 2.61. The monoisotopic (exact) mass is 189 g/mol. The van der Waals surface area contributed by atoms with E-state index in [1.54, 1.807) is 12.1 Å². The smallest absolute Gasteiger partial charge is 0.181 e. The first-order valence-electron chi connectivity index (χ1n) is 4.53. The summed E-state index contributed by atoms with van der Waals surface area (Å²) in [5, 5.41) is 9.14. The second-order valence-electron chi connectivity index (χ2n) is 3.02. The highest BCUT2D eigenvalue weighted by atomic mass is 16.3. The Morgan fingerprint density at radius 1 is 1.29 bits per heavy atom. The second kappa shape index (κ2) is 3.54. The van der Waals surface area contributed by atoms with Gasteiger partial charge in [0.2, 0.25) is 0 Å². The SMILES string of the molecule is CCc1ocnc1-c1ccc(O)cc1. The van der Waals surface area contributed by atoms with E-state index in [1.807, 2.05) is 19.1 Å². The van der Waals surface area contributed by atoms with Gasteiger partial charge in [0.1, 0.15) is 17.2 Å². The minimum atomic E-state index is 0.260. The Bertz CT molecular complexity index is 417. The standard InChI is InChI=1S/C11H11NO2/c1-2-10-11(12-7-14-10)8-3-5-9(13)6-4-8/h3-7,13H,2H2,1H3. The van der Waals surface area contributed by atoms with E-state index < -0.39 is 0 Å². The molecule has 0 saturated carbocycles. The van der Waals surface area contributed by atoms with Crippen LogP contribution in [0.5, 0.6) is 5.75 Å². The first-order valence-corrected chi connectivity index (χ1v) is 4.53. The highest BCUT2D eigenvalue weighted by molar-refractivity contribution is 5.61. The van der Waals surface area contributed by atoms with Gasteiger partial charge in [0.05, 0.1) is 0 Å². The minimum Gasteiger partial charge on any atom is -0.508 e. The van der Waals surface area contributed by atoms with E-state index in [9.17, 15) is 0 Å². The van der Waals surface area contributed by atoms with Crippen molar-refractivity contribution < 1.29 is 9.52 Å². The summed E-state index contributed by atoms with van der Waals surface area (Å²) in [5.41, 5.74) is 1.82. The number of hydrogen-bond acceptors (Lipinski definition) is 3. The van der Waals surface area contributed by atoms with Crippen LogP contribution in [0.4, 0.5) is 0 Å². The van der Waals surface area contributed by atoms with Crippen LogP contribution in [-0.4, -0.2) is 10.1 Å². The molecule has 0 amide bonds. The molecule has 3 nitrogen and oxygen atoms in total. The van der Waals surface area contributed by atoms with Gasteiger partial charge in [0.15, 0.2) is 6.39 Å². The lowest BCUT2D eigenvalue weighted by Crippen LogP contribution is -1.83. The van der Waals surface area contributed by atoms with E-state index in [0.29, 0.717) is 0 Å². The molecule has 0 aliphatic carbocycles. The molecule has 0 radical (unpaired) electrons. The quantitative estimate of drug-likeness (QED) is 0.789. The molecule has 1 N–H and O–H groups in total. The number of aryl methyl sites for hydroxylation is 1. The second-order valence-corrected chi connectivity index (χ2v) is 3.02. The molecular formula is C11H11NO2. The summed E-state index contributed by atoms with van der Waals surface area (Å²) in [6.45, 7) is 2.02. The van der Waals surface area contributed by atoms with Gasteiger partial charge in [0, 0.05) is 12.0 Å². The van der Waals surface area contributed by atoms with E-state index in [4.69, 9.17) is 9.52 Å². The van der Waals surface area contributed by atoms with Crippen LogP contribution < -0.4 is 0 Å². The molecule has 2 aromatic rings. The highest BCUT2D eigenvalue weighted by Crippen LogP contribution is 2.24. The van der Waals surface area contributed by atoms with Crippen LogP contribution in [-0.2, 0) is 6.42 Å². The summed E-state index contributed by atoms with van der Waals surface area (Å²) in [6.07, 6.45) is 2.26. The molecule has 14 heavy (non-hydrogen) atoms. The summed E-state index contributed by atoms with van der Waals surface area (Å²) in [7, 11) is 0. The van der Waals surface area contributed by atoms with Gasteiger partial charge in [-0.15, -0.1) is 0 Å². The number of nitrogens with zero attached hydrogens (tertiary/aromatic N) is 1. The number of oxazole rings is 1. The maximum atomic E-state index is 9.14. The maximum absolute atomic E-state index is 9.14. The summed E-state index contributed by atoms with van der Waals surface area (Å²) >= 11 is 0. The van der Waals surface area contributed by atoms with Gasteiger partial charge in [-0.3, -0.25) is 0 Å². The molecule has 0 spiro atoms. The van der Waals surface area contributed by atoms with E-state index in [1.165, 1.54) is 6.39 Å². The van der Waals surface area contributed by atoms with Crippen LogP contribution in [0.15, 0.2) is 35.1 Å². The van der Waals surface area contributed by atoms with Crippen molar-refractivity contribution in [1.82, 2.24) is 4.98 Å². The number of phenolic OH excluding ortho intramolecular Hbond substituents is 1. The van der Waals surface area contributed by atoms with Gasteiger partial charge >= 0.3 is 0 Å². The van der Waals surface area contributed by atoms with Crippen LogP contribution in [0.2, 0.25) is 0 Å². The largest absolute Gasteiger partial charge is 0.508 e. The van der Waals surface area contributed by atoms with Gasteiger partial charge < -0.3 is 9.52 Å². The van der Waals surface area contributed by atoms with Crippen LogP contribution in [0.1, 0.15) is 12.7 Å². The van der Waals surface area contributed by atoms with E-state index in [-0.39, 0.29) is 5.75 Å². The Morgan fingerprint density at radius 3 is 2.64 bits per heavy atom. The third kappa shape index (κ3) is 1.48. The Kier molecular flexibility index (Phi) is 2.23. The summed E-state index contributed by atoms with van der Waals surface area (Å²) in [4.78, 5) is 4.14. The number of benzene rings is 1. The number of aromatic nitrogens is 1. The summed E-state index contributed by atoms with van der Waals surface area (Å²) in [6, 6.07) is 6.94. The molecule has 0 unspecified atom stereocenters. The fourth-order valence-electron chi connectivity index (χ4n) is 1.38. The third-order valence-corrected chi connectivity index (χ3v) is 2.10. The van der Waals surface area contributed by atoms with Crippen molar-refractivity contribution in [2.75, 3.05) is 0 Å². The zero-order chi connectivity index (χ0) is 9.97. The van der Waals surface area contributed by atoms with Crippen molar-refractivity contribution in [2.24, 2.45) is 0 Å². The van der Waals surface area contributed by atoms with Crippen LogP contribution >= 0.6 is 0 Å². The number of aromatic hydroxyl groups is 1. The number of hydrogen-bond donors (Lipinski definition) is 1. The molecule has 2 rings (SSSR count). The fourth-order valence-corrected chi connectivity index (χ4v) is 1.38. The zero-order valence-corrected chi connectivity index (χ0v) is 7.90. The van der Waals surface area contributed by atoms with Crippen molar-refractivity contribution in [3.63, 3.8) is 0 Å². The molecule has 1 heterocycles. The third-order valence-electron chi connectivity index (χ3n) is 2.10. The van der Waals surface area contributed by atoms with Gasteiger partial charge in [-0.1, -0.05) is 6.92 Å². The fraction of sp³-hybridized carbons (Fsp3) is 0.182. The summed E-state index contributed by atoms with van der Waals surface area (Å²) < 4.78 is 5.22. The lowest BCUT2D eigenvalue weighted by Gasteiger charge is -1.98. The van der Waals surface area contributed by atoms with Gasteiger partial charge in [-0.05, 0) is 24.3 Å². The molecule has 0 aliphatic rings. The van der Waals surface area contributed by atoms with E-state index >= 15 is 0 Å². The molecular weight excluding hydrogens is 178 g/mol. The molecule has 3 heteroatoms. The molecule has 0 aliphatic heterocycles. The van der Waals surface area contributed by atoms with Crippen molar-refractivity contribution in [1.29, 1.82) is 0 Å². The van der Waals surface area contributed by atoms with Crippen molar-refractivity contribution in [3.8, 4) is 17.0 Å². The summed E-state index contributed by atoms with van der Waals surface area (Å²) in [5.74, 6) is 1.13. The van der Waals surface area contributed by atoms with Crippen LogP contribution in [0, 0.1) is 0 Å². The number of rotatable bonds is 2. The molecule has 0 bridgehead atoms. The highest BCUT2D eigenvalue weighted by Gasteiger charge is 2.07. The normalized spacial score (nSPS) is 10.4. The van der Waals surface area contributed by atoms with Gasteiger partial charge in [0.25, 0.3) is 0 Å². The lowest BCUT2D eigenvalue weighted by molar-refractivity contribution is 0.475. The van der Waals surface area contributed by atoms with Crippen molar-refractivity contribution >= 4 is 0 Å². The van der Waals surface area contributed by atoms with E-state index in [0.717, 1.165) is 23.4 Å². The van der Waals surface area contributed by atoms with Crippen molar-refractivity contribution in [2.45, 2.75) is 13.3 Å². The van der Waals surface area contributed by atoms with Crippen LogP contribution in [0.25, 0.3) is 11.3 Å². The minimum absolute atomic E-state index is 0.260. The molecule has 1 aromatic heterocycles. The Balaban J connectivity index is 2.44. The van der Waals surface area contributed by atoms with Gasteiger partial charge in [-0.2, -0.15) is 0 Å². The molecule has 72 valence electrons. The Labute approximate surface area is 82.0 Å². The van der Waals surface area contributed by atoms with Crippen LogP contribution in [0.3, 0.4) is 0 Å². The predicted molar refractivity (Wildman–Crippen MR) is 53.0 cm³/mol. The molecule has 0 atom stereocenters. The first kappa shape index (κ1) is 8.81. The number of phenols is 1. The van der Waals surface area contributed by atoms with Gasteiger partial charge in [-0.25, -0.2) is 4.98 Å². The van der Waals surface area contributed by atoms with E-state index in [2.05, 4.69) is 4.98 Å².